The minimum Gasteiger partial charge on any atom is -0.310 e. The number of rotatable bonds is 7. The summed E-state index contributed by atoms with van der Waals surface area (Å²) in [5.41, 5.74) is 1.35. The summed E-state index contributed by atoms with van der Waals surface area (Å²) in [6, 6.07) is 1.59. The largest absolute Gasteiger partial charge is 0.310 e. The molecule has 104 valence electrons. The van der Waals surface area contributed by atoms with Crippen molar-refractivity contribution in [1.82, 2.24) is 10.2 Å². The normalized spacial score (nSPS) is 28.6. The van der Waals surface area contributed by atoms with Crippen molar-refractivity contribution in [2.45, 2.75) is 64.0 Å². The Labute approximate surface area is 113 Å². The van der Waals surface area contributed by atoms with Gasteiger partial charge < -0.3 is 5.32 Å². The number of hydrogen-bond donors (Lipinski definition) is 1. The van der Waals surface area contributed by atoms with Crippen LogP contribution in [0.5, 0.6) is 0 Å². The monoisotopic (exact) mass is 250 g/mol. The minimum absolute atomic E-state index is 0.797. The molecule has 2 aliphatic rings. The minimum atomic E-state index is 0.797. The molecule has 18 heavy (non-hydrogen) atoms. The Morgan fingerprint density at radius 1 is 1.17 bits per heavy atom. The highest BCUT2D eigenvalue weighted by Crippen LogP contribution is 2.29. The average Bonchev–Trinajstić information content (AvgIpc) is 3.20. The van der Waals surface area contributed by atoms with Gasteiger partial charge in [0.2, 0.25) is 0 Å². The average molecular weight is 250 g/mol. The second-order valence-electron chi connectivity index (χ2n) is 6.40. The maximum atomic E-state index is 4.22. The lowest BCUT2D eigenvalue weighted by atomic mass is 9.84. The molecular weight excluding hydrogens is 220 g/mol. The molecule has 2 fully saturated rings. The molecule has 0 bridgehead atoms. The van der Waals surface area contributed by atoms with Crippen LogP contribution in [0.2, 0.25) is 0 Å². The van der Waals surface area contributed by atoms with E-state index in [0.29, 0.717) is 0 Å². The number of nitrogens with zero attached hydrogens (tertiary/aromatic N) is 1. The molecule has 2 rings (SSSR count). The van der Waals surface area contributed by atoms with Crippen molar-refractivity contribution in [2.24, 2.45) is 5.92 Å². The predicted octanol–water partition coefficient (Wildman–Crippen LogP) is 3.20. The van der Waals surface area contributed by atoms with Crippen LogP contribution in [-0.4, -0.2) is 37.1 Å². The van der Waals surface area contributed by atoms with Gasteiger partial charge in [0.1, 0.15) is 0 Å². The molecule has 0 spiro atoms. The zero-order valence-electron chi connectivity index (χ0n) is 12.3. The van der Waals surface area contributed by atoms with Crippen molar-refractivity contribution in [3.05, 3.63) is 12.2 Å². The van der Waals surface area contributed by atoms with Crippen molar-refractivity contribution in [3.8, 4) is 0 Å². The first-order valence-corrected chi connectivity index (χ1v) is 7.79. The van der Waals surface area contributed by atoms with Crippen molar-refractivity contribution < 1.29 is 0 Å². The van der Waals surface area contributed by atoms with Gasteiger partial charge in [0.05, 0.1) is 0 Å². The molecule has 0 aliphatic heterocycles. The number of hydrogen-bond acceptors (Lipinski definition) is 2. The van der Waals surface area contributed by atoms with Crippen LogP contribution in [0.3, 0.4) is 0 Å². The lowest BCUT2D eigenvalue weighted by molar-refractivity contribution is 0.173. The van der Waals surface area contributed by atoms with Crippen LogP contribution in [-0.2, 0) is 0 Å². The molecule has 0 amide bonds. The Bertz CT molecular complexity index is 262. The summed E-state index contributed by atoms with van der Waals surface area (Å²) in [5, 5.41) is 3.55. The van der Waals surface area contributed by atoms with Crippen LogP contribution in [0.4, 0.5) is 0 Å². The van der Waals surface area contributed by atoms with Crippen molar-refractivity contribution in [3.63, 3.8) is 0 Å². The first kappa shape index (κ1) is 14.1. The molecule has 0 atom stereocenters. The van der Waals surface area contributed by atoms with Crippen molar-refractivity contribution >= 4 is 0 Å². The molecule has 2 nitrogen and oxygen atoms in total. The Hall–Kier alpha value is -0.340. The number of nitrogens with one attached hydrogen (secondary N) is 1. The van der Waals surface area contributed by atoms with Crippen molar-refractivity contribution in [1.29, 1.82) is 0 Å². The van der Waals surface area contributed by atoms with Crippen LogP contribution in [0.25, 0.3) is 0 Å². The molecular formula is C16H30N2. The topological polar surface area (TPSA) is 15.3 Å². The van der Waals surface area contributed by atoms with Gasteiger partial charge >= 0.3 is 0 Å². The van der Waals surface area contributed by atoms with Gasteiger partial charge in [-0.1, -0.05) is 19.9 Å². The second kappa shape index (κ2) is 6.72. The van der Waals surface area contributed by atoms with E-state index in [1.54, 1.807) is 0 Å². The van der Waals surface area contributed by atoms with E-state index in [2.05, 4.69) is 30.8 Å². The summed E-state index contributed by atoms with van der Waals surface area (Å²) < 4.78 is 0. The summed E-state index contributed by atoms with van der Waals surface area (Å²) in [4.78, 5) is 2.53. The third kappa shape index (κ3) is 4.40. The Balaban J connectivity index is 1.63. The molecule has 1 N–H and O–H groups in total. The first-order valence-electron chi connectivity index (χ1n) is 7.79. The van der Waals surface area contributed by atoms with Crippen LogP contribution in [0, 0.1) is 5.92 Å². The smallest absolute Gasteiger partial charge is 0.0202 e. The Kier molecular flexibility index (Phi) is 5.25. The molecule has 2 heteroatoms. The third-order valence-electron chi connectivity index (χ3n) is 4.71. The summed E-state index contributed by atoms with van der Waals surface area (Å²) in [6.45, 7) is 8.63. The first-order chi connectivity index (χ1) is 8.69. The SMILES string of the molecule is C=C(CNC1CC1)CN(C)C1CCC(CC)CC1. The Morgan fingerprint density at radius 2 is 1.83 bits per heavy atom. The van der Waals surface area contributed by atoms with Gasteiger partial charge in [0.15, 0.2) is 0 Å². The van der Waals surface area contributed by atoms with E-state index in [-0.39, 0.29) is 0 Å². The van der Waals surface area contributed by atoms with Crippen LogP contribution >= 0.6 is 0 Å². The van der Waals surface area contributed by atoms with E-state index in [4.69, 9.17) is 0 Å². The fraction of sp³-hybridized carbons (Fsp3) is 0.875. The molecule has 0 aromatic carbocycles. The summed E-state index contributed by atoms with van der Waals surface area (Å²) in [5.74, 6) is 0.995. The van der Waals surface area contributed by atoms with Gasteiger partial charge in [-0.3, -0.25) is 4.90 Å². The lowest BCUT2D eigenvalue weighted by Crippen LogP contribution is -2.37. The summed E-state index contributed by atoms with van der Waals surface area (Å²) in [6.07, 6.45) is 9.73. The van der Waals surface area contributed by atoms with Crippen LogP contribution < -0.4 is 5.32 Å². The molecule has 0 saturated heterocycles. The highest BCUT2D eigenvalue weighted by molar-refractivity contribution is 5.02. The molecule has 0 unspecified atom stereocenters. The zero-order chi connectivity index (χ0) is 13.0. The van der Waals surface area contributed by atoms with Gasteiger partial charge in [0.25, 0.3) is 0 Å². The fourth-order valence-corrected chi connectivity index (χ4v) is 3.11. The molecule has 0 radical (unpaired) electrons. The van der Waals surface area contributed by atoms with Crippen LogP contribution in [0.1, 0.15) is 51.9 Å². The van der Waals surface area contributed by atoms with Gasteiger partial charge in [-0.25, -0.2) is 0 Å². The van der Waals surface area contributed by atoms with Gasteiger partial charge in [-0.2, -0.15) is 0 Å². The van der Waals surface area contributed by atoms with E-state index in [0.717, 1.165) is 31.1 Å². The molecule has 0 heterocycles. The lowest BCUT2D eigenvalue weighted by Gasteiger charge is -2.34. The summed E-state index contributed by atoms with van der Waals surface area (Å²) >= 11 is 0. The molecule has 2 aliphatic carbocycles. The van der Waals surface area contributed by atoms with Crippen molar-refractivity contribution in [2.75, 3.05) is 20.1 Å². The van der Waals surface area contributed by atoms with E-state index in [1.807, 2.05) is 0 Å². The Morgan fingerprint density at radius 3 is 2.39 bits per heavy atom. The van der Waals surface area contributed by atoms with E-state index >= 15 is 0 Å². The molecule has 0 aromatic rings. The quantitative estimate of drug-likeness (QED) is 0.698. The fourth-order valence-electron chi connectivity index (χ4n) is 3.11. The maximum Gasteiger partial charge on any atom is 0.0202 e. The third-order valence-corrected chi connectivity index (χ3v) is 4.71. The predicted molar refractivity (Wildman–Crippen MR) is 78.8 cm³/mol. The van der Waals surface area contributed by atoms with Gasteiger partial charge in [-0.05, 0) is 57.1 Å². The highest BCUT2D eigenvalue weighted by Gasteiger charge is 2.24. The van der Waals surface area contributed by atoms with E-state index in [9.17, 15) is 0 Å². The standard InChI is InChI=1S/C16H30N2/c1-4-14-5-9-16(10-6-14)18(3)12-13(2)11-17-15-7-8-15/h14-17H,2,4-12H2,1,3H3. The van der Waals surface area contributed by atoms with Gasteiger partial charge in [0, 0.05) is 25.2 Å². The van der Waals surface area contributed by atoms with Gasteiger partial charge in [-0.15, -0.1) is 0 Å². The van der Waals surface area contributed by atoms with E-state index < -0.39 is 0 Å². The second-order valence-corrected chi connectivity index (χ2v) is 6.40. The van der Waals surface area contributed by atoms with Crippen LogP contribution in [0.15, 0.2) is 12.2 Å². The molecule has 2 saturated carbocycles. The highest BCUT2D eigenvalue weighted by atomic mass is 15.1. The number of likely N-dealkylation sites (N-methyl/N-ethyl adjacent to an activating group) is 1. The zero-order valence-corrected chi connectivity index (χ0v) is 12.3. The summed E-state index contributed by atoms with van der Waals surface area (Å²) in [7, 11) is 2.28. The van der Waals surface area contributed by atoms with E-state index in [1.165, 1.54) is 50.5 Å². The molecule has 0 aromatic heterocycles. The maximum absolute atomic E-state index is 4.22.